The molecule has 1 aliphatic heterocycles. The Kier molecular flexibility index (Phi) is 3.85. The van der Waals surface area contributed by atoms with Crippen LogP contribution < -0.4 is 14.4 Å². The highest BCUT2D eigenvalue weighted by Gasteiger charge is 2.20. The first kappa shape index (κ1) is 15.6. The third-order valence-electron chi connectivity index (χ3n) is 3.85. The molecule has 0 N–H and O–H groups in total. The number of carbonyl (C=O) groups is 1. The molecule has 2 heterocycles. The van der Waals surface area contributed by atoms with Crippen molar-refractivity contribution < 1.29 is 18.7 Å². The van der Waals surface area contributed by atoms with Crippen LogP contribution in [0, 0.1) is 5.82 Å². The van der Waals surface area contributed by atoms with E-state index in [0.717, 1.165) is 5.56 Å². The topological polar surface area (TPSA) is 51.7 Å². The predicted octanol–water partition coefficient (Wildman–Crippen LogP) is 3.95. The second kappa shape index (κ2) is 6.18. The number of fused-ring (bicyclic) bond motifs is 1. The summed E-state index contributed by atoms with van der Waals surface area (Å²) in [5, 5.41) is 0.684. The van der Waals surface area contributed by atoms with Crippen molar-refractivity contribution in [2.45, 2.75) is 0 Å². The van der Waals surface area contributed by atoms with Crippen molar-refractivity contribution >= 4 is 22.9 Å². The number of thiazole rings is 1. The Labute approximate surface area is 147 Å². The van der Waals surface area contributed by atoms with Crippen molar-refractivity contribution in [3.8, 4) is 22.1 Å². The third-order valence-corrected chi connectivity index (χ3v) is 4.89. The number of ether oxygens (including phenoxy) is 2. The Hall–Kier alpha value is -2.93. The van der Waals surface area contributed by atoms with E-state index < -0.39 is 5.82 Å². The van der Waals surface area contributed by atoms with Crippen LogP contribution in [0.1, 0.15) is 9.67 Å². The van der Waals surface area contributed by atoms with Gasteiger partial charge >= 0.3 is 0 Å². The van der Waals surface area contributed by atoms with E-state index >= 15 is 0 Å². The summed E-state index contributed by atoms with van der Waals surface area (Å²) in [7, 11) is 1.54. The van der Waals surface area contributed by atoms with E-state index in [0.29, 0.717) is 21.4 Å². The average molecular weight is 356 g/mol. The van der Waals surface area contributed by atoms with Gasteiger partial charge in [0.25, 0.3) is 5.91 Å². The standard InChI is InChI=1S/C18H13FN2O3S/c1-21(13-5-3-2-4-12(13)19)18(22)16-9-20-17(25-16)11-6-7-14-15(8-11)24-10-23-14/h2-9H,10H2,1H3. The summed E-state index contributed by atoms with van der Waals surface area (Å²) >= 11 is 1.25. The number of benzene rings is 2. The van der Waals surface area contributed by atoms with Gasteiger partial charge < -0.3 is 14.4 Å². The SMILES string of the molecule is CN(C(=O)c1cnc(-c2ccc3c(c2)OCO3)s1)c1ccccc1F. The van der Waals surface area contributed by atoms with Crippen LogP contribution in [-0.4, -0.2) is 24.7 Å². The normalized spacial score (nSPS) is 12.2. The van der Waals surface area contributed by atoms with Crippen molar-refractivity contribution in [3.63, 3.8) is 0 Å². The summed E-state index contributed by atoms with van der Waals surface area (Å²) in [5.41, 5.74) is 1.06. The molecule has 1 aromatic heterocycles. The number of rotatable bonds is 3. The zero-order chi connectivity index (χ0) is 17.4. The molecule has 0 unspecified atom stereocenters. The van der Waals surface area contributed by atoms with Gasteiger partial charge in [-0.3, -0.25) is 4.79 Å². The molecule has 5 nitrogen and oxygen atoms in total. The Morgan fingerprint density at radius 2 is 2.00 bits per heavy atom. The Morgan fingerprint density at radius 3 is 2.84 bits per heavy atom. The van der Waals surface area contributed by atoms with E-state index in [1.807, 2.05) is 18.2 Å². The highest BCUT2D eigenvalue weighted by atomic mass is 32.1. The summed E-state index contributed by atoms with van der Waals surface area (Å²) in [6.07, 6.45) is 1.50. The summed E-state index contributed by atoms with van der Waals surface area (Å²) in [6, 6.07) is 11.7. The molecule has 3 aromatic rings. The molecule has 7 heteroatoms. The number of aromatic nitrogens is 1. The molecule has 1 aliphatic rings. The van der Waals surface area contributed by atoms with Crippen molar-refractivity contribution in [3.05, 3.63) is 59.4 Å². The maximum atomic E-state index is 13.9. The molecule has 1 amide bonds. The van der Waals surface area contributed by atoms with Gasteiger partial charge in [0.1, 0.15) is 15.7 Å². The Morgan fingerprint density at radius 1 is 1.20 bits per heavy atom. The number of hydrogen-bond donors (Lipinski definition) is 0. The molecular formula is C18H13FN2O3S. The monoisotopic (exact) mass is 356 g/mol. The van der Waals surface area contributed by atoms with Gasteiger partial charge in [0.2, 0.25) is 6.79 Å². The van der Waals surface area contributed by atoms with E-state index in [4.69, 9.17) is 9.47 Å². The molecule has 0 bridgehead atoms. The van der Waals surface area contributed by atoms with Crippen molar-refractivity contribution in [2.24, 2.45) is 0 Å². The third kappa shape index (κ3) is 2.83. The highest BCUT2D eigenvalue weighted by molar-refractivity contribution is 7.17. The predicted molar refractivity (Wildman–Crippen MR) is 92.8 cm³/mol. The lowest BCUT2D eigenvalue weighted by Crippen LogP contribution is -2.26. The van der Waals surface area contributed by atoms with Crippen LogP contribution >= 0.6 is 11.3 Å². The molecule has 0 saturated heterocycles. The molecule has 126 valence electrons. The van der Waals surface area contributed by atoms with Crippen LogP contribution in [-0.2, 0) is 0 Å². The van der Waals surface area contributed by atoms with Gasteiger partial charge in [0.15, 0.2) is 11.5 Å². The molecule has 0 saturated carbocycles. The first-order chi connectivity index (χ1) is 12.1. The molecule has 25 heavy (non-hydrogen) atoms. The molecular weight excluding hydrogens is 343 g/mol. The molecule has 0 aliphatic carbocycles. The number of amides is 1. The number of nitrogens with zero attached hydrogens (tertiary/aromatic N) is 2. The van der Waals surface area contributed by atoms with Crippen LogP contribution in [0.25, 0.3) is 10.6 Å². The van der Waals surface area contributed by atoms with Gasteiger partial charge in [-0.25, -0.2) is 9.37 Å². The maximum absolute atomic E-state index is 13.9. The van der Waals surface area contributed by atoms with E-state index in [1.54, 1.807) is 25.2 Å². The van der Waals surface area contributed by atoms with Gasteiger partial charge in [-0.2, -0.15) is 0 Å². The fourth-order valence-corrected chi connectivity index (χ4v) is 3.42. The fourth-order valence-electron chi connectivity index (χ4n) is 2.53. The van der Waals surface area contributed by atoms with Gasteiger partial charge in [-0.15, -0.1) is 11.3 Å². The van der Waals surface area contributed by atoms with Crippen LogP contribution in [0.5, 0.6) is 11.5 Å². The minimum absolute atomic E-state index is 0.202. The highest BCUT2D eigenvalue weighted by Crippen LogP contribution is 2.37. The van der Waals surface area contributed by atoms with E-state index in [9.17, 15) is 9.18 Å². The Bertz CT molecular complexity index is 957. The summed E-state index contributed by atoms with van der Waals surface area (Å²) in [4.78, 5) is 18.6. The van der Waals surface area contributed by atoms with Crippen LogP contribution in [0.15, 0.2) is 48.7 Å². The van der Waals surface area contributed by atoms with E-state index in [1.165, 1.54) is 28.5 Å². The van der Waals surface area contributed by atoms with E-state index in [-0.39, 0.29) is 18.4 Å². The lowest BCUT2D eigenvalue weighted by atomic mass is 10.2. The van der Waals surface area contributed by atoms with Crippen LogP contribution in [0.2, 0.25) is 0 Å². The van der Waals surface area contributed by atoms with Crippen molar-refractivity contribution in [2.75, 3.05) is 18.7 Å². The van der Waals surface area contributed by atoms with Crippen molar-refractivity contribution in [1.29, 1.82) is 0 Å². The number of hydrogen-bond acceptors (Lipinski definition) is 5. The zero-order valence-electron chi connectivity index (χ0n) is 13.2. The second-order valence-electron chi connectivity index (χ2n) is 5.41. The smallest absolute Gasteiger partial charge is 0.269 e. The number of halogens is 1. The summed E-state index contributed by atoms with van der Waals surface area (Å²) in [5.74, 6) is 0.591. The average Bonchev–Trinajstić information content (AvgIpc) is 3.29. The lowest BCUT2D eigenvalue weighted by molar-refractivity contribution is 0.0996. The quantitative estimate of drug-likeness (QED) is 0.713. The van der Waals surface area contributed by atoms with Gasteiger partial charge in [0, 0.05) is 12.6 Å². The number of anilines is 1. The van der Waals surface area contributed by atoms with Gasteiger partial charge in [-0.1, -0.05) is 12.1 Å². The maximum Gasteiger partial charge on any atom is 0.269 e. The summed E-state index contributed by atoms with van der Waals surface area (Å²) < 4.78 is 24.5. The zero-order valence-corrected chi connectivity index (χ0v) is 14.0. The first-order valence-electron chi connectivity index (χ1n) is 7.52. The first-order valence-corrected chi connectivity index (χ1v) is 8.33. The molecule has 0 atom stereocenters. The van der Waals surface area contributed by atoms with Crippen LogP contribution in [0.3, 0.4) is 0 Å². The minimum Gasteiger partial charge on any atom is -0.454 e. The minimum atomic E-state index is -0.446. The number of carbonyl (C=O) groups excluding carboxylic acids is 1. The second-order valence-corrected chi connectivity index (χ2v) is 6.44. The van der Waals surface area contributed by atoms with Gasteiger partial charge in [0.05, 0.1) is 11.9 Å². The fraction of sp³-hybridized carbons (Fsp3) is 0.111. The van der Waals surface area contributed by atoms with Crippen molar-refractivity contribution in [1.82, 2.24) is 4.98 Å². The van der Waals surface area contributed by atoms with Gasteiger partial charge in [-0.05, 0) is 30.3 Å². The molecule has 0 radical (unpaired) electrons. The largest absolute Gasteiger partial charge is 0.454 e. The van der Waals surface area contributed by atoms with E-state index in [2.05, 4.69) is 4.98 Å². The van der Waals surface area contributed by atoms with Crippen LogP contribution in [0.4, 0.5) is 10.1 Å². The molecule has 2 aromatic carbocycles. The molecule has 4 rings (SSSR count). The number of para-hydroxylation sites is 1. The summed E-state index contributed by atoms with van der Waals surface area (Å²) in [6.45, 7) is 0.202. The molecule has 0 fully saturated rings. The molecule has 0 spiro atoms. The Balaban J connectivity index is 1.61. The lowest BCUT2D eigenvalue weighted by Gasteiger charge is -2.16.